The number of carboxylic acids is 1. The molecule has 0 spiro atoms. The van der Waals surface area contributed by atoms with Crippen LogP contribution in [-0.2, 0) is 16.1 Å². The summed E-state index contributed by atoms with van der Waals surface area (Å²) in [6.07, 6.45) is 5.94. The quantitative estimate of drug-likeness (QED) is 0.489. The van der Waals surface area contributed by atoms with Gasteiger partial charge in [0.2, 0.25) is 0 Å². The molecule has 7 nitrogen and oxygen atoms in total. The Morgan fingerprint density at radius 2 is 1.74 bits per heavy atom. The van der Waals surface area contributed by atoms with Gasteiger partial charge in [-0.05, 0) is 86.7 Å². The van der Waals surface area contributed by atoms with Crippen LogP contribution >= 0.6 is 0 Å². The van der Waals surface area contributed by atoms with Gasteiger partial charge in [0.15, 0.2) is 0 Å². The van der Waals surface area contributed by atoms with Crippen molar-refractivity contribution in [2.45, 2.75) is 63.7 Å². The van der Waals surface area contributed by atoms with E-state index in [1.165, 1.54) is 12.8 Å². The smallest absolute Gasteiger partial charge is 0.329 e. The molecule has 0 radical (unpaired) electrons. The van der Waals surface area contributed by atoms with Crippen molar-refractivity contribution in [3.8, 4) is 22.6 Å². The first-order valence-electron chi connectivity index (χ1n) is 12.2. The van der Waals surface area contributed by atoms with Crippen molar-refractivity contribution in [3.05, 3.63) is 41.5 Å². The van der Waals surface area contributed by atoms with E-state index < -0.39 is 11.5 Å². The maximum absolute atomic E-state index is 12.2. The largest absolute Gasteiger partial charge is 0.496 e. The van der Waals surface area contributed by atoms with E-state index in [4.69, 9.17) is 14.2 Å². The third kappa shape index (κ3) is 5.15. The molecule has 2 fully saturated rings. The predicted molar refractivity (Wildman–Crippen MR) is 133 cm³/mol. The van der Waals surface area contributed by atoms with Crippen molar-refractivity contribution in [1.82, 2.24) is 5.32 Å². The highest BCUT2D eigenvalue weighted by atomic mass is 16.5. The number of benzene rings is 2. The Kier molecular flexibility index (Phi) is 7.63. The van der Waals surface area contributed by atoms with Gasteiger partial charge in [-0.1, -0.05) is 18.9 Å². The number of aliphatic carboxylic acids is 1. The van der Waals surface area contributed by atoms with E-state index in [9.17, 15) is 9.90 Å². The van der Waals surface area contributed by atoms with Gasteiger partial charge in [0.25, 0.3) is 0 Å². The fraction of sp³-hybridized carbons (Fsp3) is 0.519. The van der Waals surface area contributed by atoms with Crippen LogP contribution in [0.3, 0.4) is 0 Å². The van der Waals surface area contributed by atoms with Crippen LogP contribution in [0.25, 0.3) is 11.1 Å². The first kappa shape index (κ1) is 24.4. The minimum atomic E-state index is -0.966. The van der Waals surface area contributed by atoms with Crippen LogP contribution in [0.2, 0.25) is 0 Å². The standard InChI is InChI=1S/C27H36N2O5/c1-18-24(32-2)15-19(16-25(18)33-3)23-9-8-21(14-20(23)17-34-22-6-4-5-7-22)29-27(26(30)31)10-12-28-13-11-27/h8-9,14-16,22,28-29H,4-7,10-13,17H2,1-3H3,(H,30,31). The highest BCUT2D eigenvalue weighted by Gasteiger charge is 2.39. The summed E-state index contributed by atoms with van der Waals surface area (Å²) < 4.78 is 17.5. The molecular weight excluding hydrogens is 432 g/mol. The fourth-order valence-corrected chi connectivity index (χ4v) is 5.10. The molecule has 1 aliphatic carbocycles. The summed E-state index contributed by atoms with van der Waals surface area (Å²) in [5.74, 6) is 0.715. The maximum Gasteiger partial charge on any atom is 0.329 e. The molecule has 2 aromatic carbocycles. The molecule has 0 unspecified atom stereocenters. The van der Waals surface area contributed by atoms with E-state index in [1.54, 1.807) is 14.2 Å². The molecule has 7 heteroatoms. The molecule has 34 heavy (non-hydrogen) atoms. The Morgan fingerprint density at radius 3 is 2.32 bits per heavy atom. The zero-order chi connectivity index (χ0) is 24.1. The fourth-order valence-electron chi connectivity index (χ4n) is 5.10. The number of carbonyl (C=O) groups is 1. The molecule has 4 rings (SSSR count). The van der Waals surface area contributed by atoms with Crippen molar-refractivity contribution >= 4 is 11.7 Å². The Labute approximate surface area is 201 Å². The van der Waals surface area contributed by atoms with E-state index >= 15 is 0 Å². The number of methoxy groups -OCH3 is 2. The van der Waals surface area contributed by atoms with Gasteiger partial charge < -0.3 is 30.0 Å². The molecule has 184 valence electrons. The van der Waals surface area contributed by atoms with Gasteiger partial charge in [-0.25, -0.2) is 4.79 Å². The lowest BCUT2D eigenvalue weighted by molar-refractivity contribution is -0.143. The number of piperidine rings is 1. The summed E-state index contributed by atoms with van der Waals surface area (Å²) in [5, 5.41) is 16.6. The van der Waals surface area contributed by atoms with Gasteiger partial charge in [0.1, 0.15) is 17.0 Å². The molecule has 2 aliphatic rings. The van der Waals surface area contributed by atoms with E-state index in [1.807, 2.05) is 37.3 Å². The highest BCUT2D eigenvalue weighted by Crippen LogP contribution is 2.37. The predicted octanol–water partition coefficient (Wildman–Crippen LogP) is 4.76. The van der Waals surface area contributed by atoms with Crippen LogP contribution in [0.5, 0.6) is 11.5 Å². The number of hydrogen-bond donors (Lipinski definition) is 3. The van der Waals surface area contributed by atoms with Crippen LogP contribution in [0.4, 0.5) is 5.69 Å². The lowest BCUT2D eigenvalue weighted by Gasteiger charge is -2.35. The van der Waals surface area contributed by atoms with Crippen LogP contribution in [-0.4, -0.2) is 50.0 Å². The van der Waals surface area contributed by atoms with Crippen LogP contribution < -0.4 is 20.1 Å². The highest BCUT2D eigenvalue weighted by molar-refractivity contribution is 5.83. The number of carboxylic acid groups (broad SMARTS) is 1. The number of hydrogen-bond acceptors (Lipinski definition) is 6. The third-order valence-electron chi connectivity index (χ3n) is 7.20. The second-order valence-electron chi connectivity index (χ2n) is 9.36. The van der Waals surface area contributed by atoms with Gasteiger partial charge in [-0.3, -0.25) is 0 Å². The van der Waals surface area contributed by atoms with Crippen molar-refractivity contribution in [3.63, 3.8) is 0 Å². The Balaban J connectivity index is 1.70. The molecule has 0 bridgehead atoms. The van der Waals surface area contributed by atoms with Gasteiger partial charge in [0.05, 0.1) is 26.9 Å². The van der Waals surface area contributed by atoms with Crippen molar-refractivity contribution in [1.29, 1.82) is 0 Å². The van der Waals surface area contributed by atoms with Crippen molar-refractivity contribution in [2.24, 2.45) is 0 Å². The number of anilines is 1. The number of nitrogens with one attached hydrogen (secondary N) is 2. The SMILES string of the molecule is COc1cc(-c2ccc(NC3(C(=O)O)CCNCC3)cc2COC2CCCC2)cc(OC)c1C. The second kappa shape index (κ2) is 10.7. The van der Waals surface area contributed by atoms with Crippen molar-refractivity contribution in [2.75, 3.05) is 32.6 Å². The second-order valence-corrected chi connectivity index (χ2v) is 9.36. The zero-order valence-corrected chi connectivity index (χ0v) is 20.4. The maximum atomic E-state index is 12.2. The minimum absolute atomic E-state index is 0.279. The minimum Gasteiger partial charge on any atom is -0.496 e. The summed E-state index contributed by atoms with van der Waals surface area (Å²) >= 11 is 0. The molecule has 1 heterocycles. The number of ether oxygens (including phenoxy) is 3. The number of rotatable bonds is 9. The van der Waals surface area contributed by atoms with Gasteiger partial charge in [-0.15, -0.1) is 0 Å². The van der Waals surface area contributed by atoms with Crippen LogP contribution in [0, 0.1) is 6.92 Å². The van der Waals surface area contributed by atoms with E-state index in [0.29, 0.717) is 32.5 Å². The molecular formula is C27H36N2O5. The molecule has 3 N–H and O–H groups in total. The molecule has 0 aromatic heterocycles. The summed E-state index contributed by atoms with van der Waals surface area (Å²) in [7, 11) is 3.32. The topological polar surface area (TPSA) is 89.1 Å². The van der Waals surface area contributed by atoms with E-state index in [-0.39, 0.29) is 6.10 Å². The van der Waals surface area contributed by atoms with E-state index in [2.05, 4.69) is 10.6 Å². The zero-order valence-electron chi connectivity index (χ0n) is 20.4. The van der Waals surface area contributed by atoms with Crippen molar-refractivity contribution < 1.29 is 24.1 Å². The first-order valence-corrected chi connectivity index (χ1v) is 12.2. The van der Waals surface area contributed by atoms with Crippen LogP contribution in [0.1, 0.15) is 49.7 Å². The average Bonchev–Trinajstić information content (AvgIpc) is 3.37. The molecule has 1 saturated heterocycles. The summed E-state index contributed by atoms with van der Waals surface area (Å²) in [5.41, 5.74) is 3.79. The average molecular weight is 469 g/mol. The summed E-state index contributed by atoms with van der Waals surface area (Å²) in [4.78, 5) is 12.2. The molecule has 0 atom stereocenters. The third-order valence-corrected chi connectivity index (χ3v) is 7.20. The summed E-state index contributed by atoms with van der Waals surface area (Å²) in [6, 6.07) is 10.1. The molecule has 2 aromatic rings. The molecule has 0 amide bonds. The summed E-state index contributed by atoms with van der Waals surface area (Å²) in [6.45, 7) is 3.80. The van der Waals surface area contributed by atoms with Gasteiger partial charge in [-0.2, -0.15) is 0 Å². The normalized spacial score (nSPS) is 18.0. The Morgan fingerprint density at radius 1 is 1.09 bits per heavy atom. The monoisotopic (exact) mass is 468 g/mol. The molecule has 1 saturated carbocycles. The first-order chi connectivity index (χ1) is 16.5. The molecule has 1 aliphatic heterocycles. The lowest BCUT2D eigenvalue weighted by atomic mass is 9.87. The van der Waals surface area contributed by atoms with Crippen LogP contribution in [0.15, 0.2) is 30.3 Å². The van der Waals surface area contributed by atoms with Gasteiger partial charge in [0, 0.05) is 11.3 Å². The van der Waals surface area contributed by atoms with Gasteiger partial charge >= 0.3 is 5.97 Å². The van der Waals surface area contributed by atoms with E-state index in [0.717, 1.165) is 52.3 Å². The lowest BCUT2D eigenvalue weighted by Crippen LogP contribution is -2.53. The Bertz CT molecular complexity index is 985. The Hall–Kier alpha value is -2.77.